The Morgan fingerprint density at radius 3 is 2.18 bits per heavy atom. The van der Waals surface area contributed by atoms with Gasteiger partial charge in [0.25, 0.3) is 0 Å². The predicted molar refractivity (Wildman–Crippen MR) is 62.9 cm³/mol. The first-order chi connectivity index (χ1) is 7.87. The quantitative estimate of drug-likeness (QED) is 0.779. The molecule has 0 atom stereocenters. The molecule has 0 heterocycles. The molecule has 0 spiro atoms. The second-order valence-electron chi connectivity index (χ2n) is 4.39. The van der Waals surface area contributed by atoms with Crippen molar-refractivity contribution < 1.29 is 13.2 Å². The molecule has 0 aliphatic heterocycles. The maximum atomic E-state index is 11.9. The number of rotatable bonds is 5. The Morgan fingerprint density at radius 2 is 1.65 bits per heavy atom. The lowest BCUT2D eigenvalue weighted by Crippen LogP contribution is -2.17. The van der Waals surface area contributed by atoms with Gasteiger partial charge in [-0.3, -0.25) is 0 Å². The van der Waals surface area contributed by atoms with Crippen LogP contribution in [-0.2, 0) is 6.54 Å². The summed E-state index contributed by atoms with van der Waals surface area (Å²) in [6, 6.07) is 6.17. The first-order valence-corrected chi connectivity index (χ1v) is 5.71. The first kappa shape index (κ1) is 14.0. The van der Waals surface area contributed by atoms with Crippen molar-refractivity contribution in [3.63, 3.8) is 0 Å². The Kier molecular flexibility index (Phi) is 5.00. The molecule has 0 aromatic heterocycles. The van der Waals surface area contributed by atoms with Crippen LogP contribution in [-0.4, -0.2) is 12.7 Å². The Balaban J connectivity index is 2.27. The molecule has 1 N–H and O–H groups in total. The highest BCUT2D eigenvalue weighted by atomic mass is 19.4. The maximum Gasteiger partial charge on any atom is 0.389 e. The normalized spacial score (nSPS) is 11.8. The number of benzene rings is 1. The van der Waals surface area contributed by atoms with E-state index < -0.39 is 12.6 Å². The molecule has 0 saturated heterocycles. The van der Waals surface area contributed by atoms with E-state index in [-0.39, 0.29) is 6.42 Å². The minimum atomic E-state index is -4.04. The lowest BCUT2D eigenvalue weighted by molar-refractivity contribution is -0.135. The van der Waals surface area contributed by atoms with Crippen molar-refractivity contribution in [3.8, 4) is 0 Å². The van der Waals surface area contributed by atoms with E-state index in [1.54, 1.807) is 0 Å². The van der Waals surface area contributed by atoms with Crippen molar-refractivity contribution in [1.29, 1.82) is 0 Å². The summed E-state index contributed by atoms with van der Waals surface area (Å²) in [7, 11) is 0. The molecule has 0 saturated carbocycles. The van der Waals surface area contributed by atoms with Gasteiger partial charge in [-0.05, 0) is 32.4 Å². The van der Waals surface area contributed by atoms with Gasteiger partial charge in [-0.2, -0.15) is 13.2 Å². The highest BCUT2D eigenvalue weighted by Crippen LogP contribution is 2.20. The van der Waals surface area contributed by atoms with Crippen molar-refractivity contribution in [1.82, 2.24) is 5.32 Å². The van der Waals surface area contributed by atoms with Crippen LogP contribution >= 0.6 is 0 Å². The topological polar surface area (TPSA) is 12.0 Å². The van der Waals surface area contributed by atoms with E-state index in [1.807, 2.05) is 26.0 Å². The molecule has 0 amide bonds. The molecule has 1 nitrogen and oxygen atoms in total. The van der Waals surface area contributed by atoms with Crippen LogP contribution < -0.4 is 5.32 Å². The van der Waals surface area contributed by atoms with Gasteiger partial charge in [-0.25, -0.2) is 0 Å². The first-order valence-electron chi connectivity index (χ1n) is 5.71. The van der Waals surface area contributed by atoms with Crippen molar-refractivity contribution >= 4 is 0 Å². The van der Waals surface area contributed by atoms with Gasteiger partial charge in [-0.15, -0.1) is 0 Å². The van der Waals surface area contributed by atoms with Gasteiger partial charge in [-0.1, -0.05) is 29.3 Å². The number of hydrogen-bond donors (Lipinski definition) is 1. The second-order valence-corrected chi connectivity index (χ2v) is 4.39. The van der Waals surface area contributed by atoms with Crippen molar-refractivity contribution in [2.45, 2.75) is 39.4 Å². The average Bonchev–Trinajstić information content (AvgIpc) is 2.13. The van der Waals surface area contributed by atoms with E-state index in [0.29, 0.717) is 13.1 Å². The number of hydrogen-bond acceptors (Lipinski definition) is 1. The smallest absolute Gasteiger partial charge is 0.313 e. The highest BCUT2D eigenvalue weighted by Gasteiger charge is 2.25. The molecule has 0 unspecified atom stereocenters. The third-order valence-electron chi connectivity index (χ3n) is 2.42. The molecule has 0 fully saturated rings. The van der Waals surface area contributed by atoms with Gasteiger partial charge in [0.05, 0.1) is 0 Å². The predicted octanol–water partition coefficient (Wildman–Crippen LogP) is 3.74. The molecule has 0 bridgehead atoms. The van der Waals surface area contributed by atoms with Crippen LogP contribution in [0.5, 0.6) is 0 Å². The summed E-state index contributed by atoms with van der Waals surface area (Å²) in [6.07, 6.45) is -4.62. The fraction of sp³-hybridized carbons (Fsp3) is 0.538. The summed E-state index contributed by atoms with van der Waals surface area (Å²) in [5, 5.41) is 3.03. The van der Waals surface area contributed by atoms with E-state index in [1.165, 1.54) is 11.1 Å². The fourth-order valence-corrected chi connectivity index (χ4v) is 1.82. The molecule has 0 radical (unpaired) electrons. The average molecular weight is 245 g/mol. The lowest BCUT2D eigenvalue weighted by atomic mass is 10.1. The Labute approximate surface area is 100 Å². The van der Waals surface area contributed by atoms with Gasteiger partial charge in [0.1, 0.15) is 0 Å². The number of nitrogens with one attached hydrogen (secondary N) is 1. The van der Waals surface area contributed by atoms with Gasteiger partial charge in [0.2, 0.25) is 0 Å². The Bertz CT molecular complexity index is 338. The SMILES string of the molecule is Cc1cc(C)cc(CNCCCC(F)(F)F)c1. The zero-order chi connectivity index (χ0) is 12.9. The highest BCUT2D eigenvalue weighted by molar-refractivity contribution is 5.28. The number of alkyl halides is 3. The largest absolute Gasteiger partial charge is 0.389 e. The van der Waals surface area contributed by atoms with E-state index >= 15 is 0 Å². The standard InChI is InChI=1S/C13H18F3N/c1-10-6-11(2)8-12(7-10)9-17-5-3-4-13(14,15)16/h6-8,17H,3-5,9H2,1-2H3. The summed E-state index contributed by atoms with van der Waals surface area (Å²) in [5.41, 5.74) is 3.48. The van der Waals surface area contributed by atoms with Crippen LogP contribution in [0, 0.1) is 13.8 Å². The lowest BCUT2D eigenvalue weighted by Gasteiger charge is -2.08. The number of halogens is 3. The van der Waals surface area contributed by atoms with E-state index in [9.17, 15) is 13.2 Å². The minimum absolute atomic E-state index is 0.133. The molecule has 0 aliphatic rings. The third kappa shape index (κ3) is 6.31. The molecular weight excluding hydrogens is 227 g/mol. The summed E-state index contributed by atoms with van der Waals surface area (Å²) in [6.45, 7) is 5.05. The zero-order valence-corrected chi connectivity index (χ0v) is 10.2. The molecule has 0 aliphatic carbocycles. The van der Waals surface area contributed by atoms with Gasteiger partial charge in [0, 0.05) is 13.0 Å². The van der Waals surface area contributed by atoms with E-state index in [2.05, 4.69) is 11.4 Å². The van der Waals surface area contributed by atoms with Crippen molar-refractivity contribution in [3.05, 3.63) is 34.9 Å². The van der Waals surface area contributed by atoms with Gasteiger partial charge in [0.15, 0.2) is 0 Å². The van der Waals surface area contributed by atoms with Crippen molar-refractivity contribution in [2.75, 3.05) is 6.54 Å². The fourth-order valence-electron chi connectivity index (χ4n) is 1.82. The molecule has 1 rings (SSSR count). The summed E-state index contributed by atoms with van der Waals surface area (Å²) in [5.74, 6) is 0. The van der Waals surface area contributed by atoms with Crippen LogP contribution in [0.15, 0.2) is 18.2 Å². The van der Waals surface area contributed by atoms with Crippen LogP contribution in [0.1, 0.15) is 29.5 Å². The summed E-state index contributed by atoms with van der Waals surface area (Å²) < 4.78 is 35.7. The number of aryl methyl sites for hydroxylation is 2. The maximum absolute atomic E-state index is 11.9. The van der Waals surface area contributed by atoms with Gasteiger partial charge >= 0.3 is 6.18 Å². The monoisotopic (exact) mass is 245 g/mol. The van der Waals surface area contributed by atoms with E-state index in [4.69, 9.17) is 0 Å². The second kappa shape index (κ2) is 6.05. The third-order valence-corrected chi connectivity index (χ3v) is 2.42. The van der Waals surface area contributed by atoms with Gasteiger partial charge < -0.3 is 5.32 Å². The van der Waals surface area contributed by atoms with Crippen LogP contribution in [0.25, 0.3) is 0 Å². The van der Waals surface area contributed by atoms with Crippen LogP contribution in [0.2, 0.25) is 0 Å². The Morgan fingerprint density at radius 1 is 1.06 bits per heavy atom. The molecule has 4 heteroatoms. The molecular formula is C13H18F3N. The zero-order valence-electron chi connectivity index (χ0n) is 10.2. The summed E-state index contributed by atoms with van der Waals surface area (Å²) >= 11 is 0. The van der Waals surface area contributed by atoms with E-state index in [0.717, 1.165) is 5.56 Å². The molecule has 1 aromatic rings. The Hall–Kier alpha value is -1.03. The van der Waals surface area contributed by atoms with Crippen molar-refractivity contribution in [2.24, 2.45) is 0 Å². The minimum Gasteiger partial charge on any atom is -0.313 e. The molecule has 96 valence electrons. The summed E-state index contributed by atoms with van der Waals surface area (Å²) in [4.78, 5) is 0. The molecule has 17 heavy (non-hydrogen) atoms. The van der Waals surface area contributed by atoms with Crippen LogP contribution in [0.3, 0.4) is 0 Å². The molecule has 1 aromatic carbocycles. The van der Waals surface area contributed by atoms with Crippen LogP contribution in [0.4, 0.5) is 13.2 Å².